The smallest absolute Gasteiger partial charge is 0.218 e. The summed E-state index contributed by atoms with van der Waals surface area (Å²) in [5, 5.41) is 0. The van der Waals surface area contributed by atoms with E-state index in [0.717, 1.165) is 16.9 Å². The zero-order chi connectivity index (χ0) is 17.9. The summed E-state index contributed by atoms with van der Waals surface area (Å²) >= 11 is 0. The van der Waals surface area contributed by atoms with Crippen molar-refractivity contribution in [3.63, 3.8) is 0 Å². The van der Waals surface area contributed by atoms with Crippen LogP contribution >= 0.6 is 0 Å². The molecule has 0 aromatic heterocycles. The quantitative estimate of drug-likeness (QED) is 0.788. The van der Waals surface area contributed by atoms with Crippen LogP contribution in [0.15, 0.2) is 41.7 Å². The SMILES string of the molecule is COC1=CC=C(C2(c3ccc(OC)c(OC)c3)OCCO2)CC1OC. The Morgan fingerprint density at radius 2 is 1.64 bits per heavy atom. The molecule has 1 saturated heterocycles. The number of hydrogen-bond donors (Lipinski definition) is 0. The Labute approximate surface area is 147 Å². The fraction of sp³-hybridized carbons (Fsp3) is 0.474. The third-order valence-electron chi connectivity index (χ3n) is 4.57. The highest BCUT2D eigenvalue weighted by Gasteiger charge is 2.44. The molecule has 1 aliphatic carbocycles. The number of allylic oxidation sites excluding steroid dienone is 2. The lowest BCUT2D eigenvalue weighted by atomic mass is 9.89. The fourth-order valence-corrected chi connectivity index (χ4v) is 3.29. The van der Waals surface area contributed by atoms with Crippen LogP contribution in [0.5, 0.6) is 11.5 Å². The average Bonchev–Trinajstić information content (AvgIpc) is 3.17. The molecule has 1 aromatic carbocycles. The van der Waals surface area contributed by atoms with Crippen LogP contribution in [0.2, 0.25) is 0 Å². The van der Waals surface area contributed by atoms with E-state index in [9.17, 15) is 0 Å². The van der Waals surface area contributed by atoms with Crippen LogP contribution in [0.25, 0.3) is 0 Å². The second-order valence-electron chi connectivity index (χ2n) is 5.78. The number of benzene rings is 1. The van der Waals surface area contributed by atoms with E-state index >= 15 is 0 Å². The normalized spacial score (nSPS) is 22.2. The van der Waals surface area contributed by atoms with Crippen molar-refractivity contribution in [2.75, 3.05) is 41.7 Å². The van der Waals surface area contributed by atoms with Gasteiger partial charge in [0.25, 0.3) is 0 Å². The van der Waals surface area contributed by atoms with Crippen molar-refractivity contribution in [3.8, 4) is 11.5 Å². The fourth-order valence-electron chi connectivity index (χ4n) is 3.29. The molecule has 0 amide bonds. The molecule has 0 radical (unpaired) electrons. The molecular weight excluding hydrogens is 324 g/mol. The highest BCUT2D eigenvalue weighted by atomic mass is 16.7. The number of methoxy groups -OCH3 is 4. The maximum absolute atomic E-state index is 6.09. The van der Waals surface area contributed by atoms with Gasteiger partial charge in [0.2, 0.25) is 5.79 Å². The molecule has 0 saturated carbocycles. The van der Waals surface area contributed by atoms with Crippen molar-refractivity contribution in [2.24, 2.45) is 0 Å². The van der Waals surface area contributed by atoms with Crippen LogP contribution in [-0.2, 0) is 24.7 Å². The molecule has 136 valence electrons. The third-order valence-corrected chi connectivity index (χ3v) is 4.57. The van der Waals surface area contributed by atoms with E-state index in [4.69, 9.17) is 28.4 Å². The lowest BCUT2D eigenvalue weighted by Crippen LogP contribution is -2.34. The van der Waals surface area contributed by atoms with Crippen LogP contribution in [-0.4, -0.2) is 47.8 Å². The maximum Gasteiger partial charge on any atom is 0.218 e. The summed E-state index contributed by atoms with van der Waals surface area (Å²) in [4.78, 5) is 0. The lowest BCUT2D eigenvalue weighted by Gasteiger charge is -2.34. The van der Waals surface area contributed by atoms with Gasteiger partial charge in [-0.15, -0.1) is 0 Å². The largest absolute Gasteiger partial charge is 0.498 e. The van der Waals surface area contributed by atoms with Crippen LogP contribution in [0.1, 0.15) is 12.0 Å². The Hall–Kier alpha value is -2.02. The van der Waals surface area contributed by atoms with Crippen molar-refractivity contribution < 1.29 is 28.4 Å². The molecule has 0 bridgehead atoms. The summed E-state index contributed by atoms with van der Waals surface area (Å²) in [5.74, 6) is 1.12. The molecule has 6 heteroatoms. The summed E-state index contributed by atoms with van der Waals surface area (Å²) in [6.45, 7) is 1.04. The molecule has 25 heavy (non-hydrogen) atoms. The predicted octanol–water partition coefficient (Wildman–Crippen LogP) is 2.78. The summed E-state index contributed by atoms with van der Waals surface area (Å²) in [6.07, 6.45) is 4.33. The maximum atomic E-state index is 6.09. The van der Waals surface area contributed by atoms with Crippen molar-refractivity contribution in [3.05, 3.63) is 47.2 Å². The van der Waals surface area contributed by atoms with Gasteiger partial charge in [0.05, 0.1) is 34.5 Å². The van der Waals surface area contributed by atoms with Gasteiger partial charge in [0.15, 0.2) is 11.5 Å². The van der Waals surface area contributed by atoms with Crippen molar-refractivity contribution >= 4 is 0 Å². The van der Waals surface area contributed by atoms with Crippen molar-refractivity contribution in [2.45, 2.75) is 18.3 Å². The van der Waals surface area contributed by atoms with Crippen molar-refractivity contribution in [1.82, 2.24) is 0 Å². The lowest BCUT2D eigenvalue weighted by molar-refractivity contribution is -0.138. The Bertz CT molecular complexity index is 672. The van der Waals surface area contributed by atoms with Gasteiger partial charge in [-0.2, -0.15) is 0 Å². The third kappa shape index (κ3) is 3.13. The molecule has 1 atom stereocenters. The van der Waals surface area contributed by atoms with E-state index in [-0.39, 0.29) is 6.10 Å². The van der Waals surface area contributed by atoms with Crippen LogP contribution in [0, 0.1) is 0 Å². The number of ether oxygens (including phenoxy) is 6. The zero-order valence-electron chi connectivity index (χ0n) is 15.0. The summed E-state index contributed by atoms with van der Waals surface area (Å²) in [5.41, 5.74) is 1.84. The van der Waals surface area contributed by atoms with Gasteiger partial charge in [-0.05, 0) is 29.8 Å². The molecule has 1 unspecified atom stereocenters. The topological polar surface area (TPSA) is 55.4 Å². The Balaban J connectivity index is 2.03. The summed E-state index contributed by atoms with van der Waals surface area (Å²) in [7, 11) is 6.53. The van der Waals surface area contributed by atoms with E-state index < -0.39 is 5.79 Å². The molecule has 1 aliphatic heterocycles. The van der Waals surface area contributed by atoms with Gasteiger partial charge < -0.3 is 28.4 Å². The minimum Gasteiger partial charge on any atom is -0.498 e. The molecule has 3 rings (SSSR count). The molecule has 0 spiro atoms. The molecule has 6 nitrogen and oxygen atoms in total. The summed E-state index contributed by atoms with van der Waals surface area (Å²) in [6, 6.07) is 5.68. The second-order valence-corrected chi connectivity index (χ2v) is 5.78. The first-order valence-corrected chi connectivity index (χ1v) is 8.17. The standard InChI is InChI=1S/C19H24O6/c1-20-15-7-5-13(11-17(15)22-3)19(24-9-10-25-19)14-6-8-16(21-2)18(12-14)23-4/h5-8,11,18H,9-10,12H2,1-4H3. The monoisotopic (exact) mass is 348 g/mol. The van der Waals surface area contributed by atoms with Gasteiger partial charge in [-0.1, -0.05) is 6.08 Å². The minimum atomic E-state index is -0.952. The molecule has 1 fully saturated rings. The van der Waals surface area contributed by atoms with Crippen molar-refractivity contribution in [1.29, 1.82) is 0 Å². The Kier molecular flexibility index (Phi) is 5.32. The highest BCUT2D eigenvalue weighted by Crippen LogP contribution is 2.45. The Morgan fingerprint density at radius 1 is 0.920 bits per heavy atom. The van der Waals surface area contributed by atoms with Gasteiger partial charge in [-0.3, -0.25) is 0 Å². The van der Waals surface area contributed by atoms with E-state index in [1.165, 1.54) is 0 Å². The van der Waals surface area contributed by atoms with E-state index in [0.29, 0.717) is 31.1 Å². The minimum absolute atomic E-state index is 0.171. The van der Waals surface area contributed by atoms with Gasteiger partial charge in [0, 0.05) is 19.1 Å². The molecule has 1 heterocycles. The first-order valence-electron chi connectivity index (χ1n) is 8.17. The first-order chi connectivity index (χ1) is 12.2. The van der Waals surface area contributed by atoms with E-state index in [1.54, 1.807) is 28.4 Å². The second kappa shape index (κ2) is 7.47. The van der Waals surface area contributed by atoms with Crippen LogP contribution in [0.3, 0.4) is 0 Å². The summed E-state index contributed by atoms with van der Waals surface area (Å²) < 4.78 is 33.9. The average molecular weight is 348 g/mol. The first kappa shape index (κ1) is 17.8. The highest BCUT2D eigenvalue weighted by molar-refractivity contribution is 5.47. The number of rotatable bonds is 6. The van der Waals surface area contributed by atoms with Crippen LogP contribution in [0.4, 0.5) is 0 Å². The Morgan fingerprint density at radius 3 is 2.24 bits per heavy atom. The number of hydrogen-bond acceptors (Lipinski definition) is 6. The van der Waals surface area contributed by atoms with Gasteiger partial charge in [0.1, 0.15) is 11.9 Å². The zero-order valence-corrected chi connectivity index (χ0v) is 15.0. The predicted molar refractivity (Wildman–Crippen MR) is 91.7 cm³/mol. The van der Waals surface area contributed by atoms with E-state index in [2.05, 4.69) is 0 Å². The molecule has 2 aliphatic rings. The molecule has 1 aromatic rings. The van der Waals surface area contributed by atoms with Crippen LogP contribution < -0.4 is 9.47 Å². The van der Waals surface area contributed by atoms with E-state index in [1.807, 2.05) is 30.4 Å². The molecule has 0 N–H and O–H groups in total. The molecular formula is C19H24O6. The van der Waals surface area contributed by atoms with Gasteiger partial charge in [-0.25, -0.2) is 0 Å². The van der Waals surface area contributed by atoms with Gasteiger partial charge >= 0.3 is 0 Å².